The second-order valence-corrected chi connectivity index (χ2v) is 5.49. The molecule has 5 nitrogen and oxygen atoms in total. The molecule has 1 aromatic heterocycles. The third kappa shape index (κ3) is 6.76. The molecule has 106 valence electrons. The van der Waals surface area contributed by atoms with Crippen LogP contribution in [0.4, 0.5) is 4.79 Å². The predicted molar refractivity (Wildman–Crippen MR) is 72.8 cm³/mol. The Hall–Kier alpha value is -1.62. The highest BCUT2D eigenvalue weighted by atomic mass is 16.6. The Morgan fingerprint density at radius 3 is 2.58 bits per heavy atom. The van der Waals surface area contributed by atoms with Crippen molar-refractivity contribution in [2.45, 2.75) is 32.8 Å². The summed E-state index contributed by atoms with van der Waals surface area (Å²) >= 11 is 0. The van der Waals surface area contributed by atoms with E-state index in [1.165, 1.54) is 0 Å². The summed E-state index contributed by atoms with van der Waals surface area (Å²) in [5.74, 6) is -0.0325. The van der Waals surface area contributed by atoms with E-state index in [4.69, 9.17) is 4.74 Å². The lowest BCUT2D eigenvalue weighted by Gasteiger charge is -2.21. The first kappa shape index (κ1) is 15.4. The van der Waals surface area contributed by atoms with E-state index >= 15 is 0 Å². The lowest BCUT2D eigenvalue weighted by Crippen LogP contribution is -2.36. The van der Waals surface area contributed by atoms with Crippen molar-refractivity contribution < 1.29 is 14.6 Å². The van der Waals surface area contributed by atoms with Crippen molar-refractivity contribution in [3.05, 3.63) is 30.1 Å². The molecule has 0 radical (unpaired) electrons. The van der Waals surface area contributed by atoms with Crippen LogP contribution in [0.1, 0.15) is 26.3 Å². The molecule has 0 fully saturated rings. The number of ether oxygens (including phenoxy) is 1. The smallest absolute Gasteiger partial charge is 0.407 e. The maximum Gasteiger partial charge on any atom is 0.407 e. The average Bonchev–Trinajstić information content (AvgIpc) is 2.33. The van der Waals surface area contributed by atoms with Crippen molar-refractivity contribution in [2.75, 3.05) is 13.2 Å². The Morgan fingerprint density at radius 2 is 2.05 bits per heavy atom. The van der Waals surface area contributed by atoms with Gasteiger partial charge in [0.05, 0.1) is 0 Å². The normalized spacial score (nSPS) is 12.8. The summed E-state index contributed by atoms with van der Waals surface area (Å²) in [7, 11) is 0. The van der Waals surface area contributed by atoms with Crippen molar-refractivity contribution in [3.63, 3.8) is 0 Å². The van der Waals surface area contributed by atoms with Crippen LogP contribution >= 0.6 is 0 Å². The standard InChI is InChI=1S/C14H22N2O3/c1-14(2,3)19-13(18)16-9-12(10-17)8-11-4-6-15-7-5-11/h4-7,12,17H,8-10H2,1-3H3,(H,16,18). The van der Waals surface area contributed by atoms with Crippen LogP contribution in [0.15, 0.2) is 24.5 Å². The molecular weight excluding hydrogens is 244 g/mol. The SMILES string of the molecule is CC(C)(C)OC(=O)NCC(CO)Cc1ccncc1. The number of aliphatic hydroxyl groups excluding tert-OH is 1. The maximum atomic E-state index is 11.5. The van der Waals surface area contributed by atoms with Crippen LogP contribution in [-0.2, 0) is 11.2 Å². The Labute approximate surface area is 114 Å². The number of aromatic nitrogens is 1. The van der Waals surface area contributed by atoms with E-state index < -0.39 is 11.7 Å². The summed E-state index contributed by atoms with van der Waals surface area (Å²) in [5.41, 5.74) is 0.573. The minimum absolute atomic E-state index is 0.0120. The maximum absolute atomic E-state index is 11.5. The molecule has 0 saturated heterocycles. The molecule has 1 amide bonds. The van der Waals surface area contributed by atoms with Gasteiger partial charge in [-0.2, -0.15) is 0 Å². The molecule has 1 aromatic rings. The highest BCUT2D eigenvalue weighted by Crippen LogP contribution is 2.09. The molecule has 1 atom stereocenters. The average molecular weight is 266 g/mol. The number of alkyl carbamates (subject to hydrolysis) is 1. The van der Waals surface area contributed by atoms with Gasteiger partial charge < -0.3 is 15.2 Å². The van der Waals surface area contributed by atoms with Gasteiger partial charge in [0, 0.05) is 31.5 Å². The molecule has 1 rings (SSSR count). The first-order chi connectivity index (χ1) is 8.90. The van der Waals surface area contributed by atoms with Crippen LogP contribution in [0.25, 0.3) is 0 Å². The number of hydrogen-bond acceptors (Lipinski definition) is 4. The van der Waals surface area contributed by atoms with E-state index in [0.29, 0.717) is 13.0 Å². The molecule has 5 heteroatoms. The van der Waals surface area contributed by atoms with Crippen molar-refractivity contribution >= 4 is 6.09 Å². The third-order valence-electron chi connectivity index (χ3n) is 2.47. The fourth-order valence-corrected chi connectivity index (χ4v) is 1.60. The molecule has 0 aliphatic carbocycles. The lowest BCUT2D eigenvalue weighted by molar-refractivity contribution is 0.0512. The molecule has 1 unspecified atom stereocenters. The number of carbonyl (C=O) groups is 1. The van der Waals surface area contributed by atoms with Crippen LogP contribution in [0, 0.1) is 5.92 Å². The quantitative estimate of drug-likeness (QED) is 0.852. The number of amides is 1. The number of carbonyl (C=O) groups excluding carboxylic acids is 1. The second-order valence-electron chi connectivity index (χ2n) is 5.49. The van der Waals surface area contributed by atoms with Gasteiger partial charge in [0.2, 0.25) is 0 Å². The van der Waals surface area contributed by atoms with Gasteiger partial charge in [-0.15, -0.1) is 0 Å². The topological polar surface area (TPSA) is 71.5 Å². The van der Waals surface area contributed by atoms with Gasteiger partial charge >= 0.3 is 6.09 Å². The summed E-state index contributed by atoms with van der Waals surface area (Å²) in [6.45, 7) is 5.83. The van der Waals surface area contributed by atoms with E-state index in [1.54, 1.807) is 12.4 Å². The van der Waals surface area contributed by atoms with Crippen LogP contribution in [0.5, 0.6) is 0 Å². The van der Waals surface area contributed by atoms with E-state index in [1.807, 2.05) is 32.9 Å². The Morgan fingerprint density at radius 1 is 1.42 bits per heavy atom. The molecule has 0 bridgehead atoms. The zero-order valence-corrected chi connectivity index (χ0v) is 11.7. The number of pyridine rings is 1. The Balaban J connectivity index is 2.39. The third-order valence-corrected chi connectivity index (χ3v) is 2.47. The lowest BCUT2D eigenvalue weighted by atomic mass is 10.0. The molecule has 0 aromatic carbocycles. The van der Waals surface area contributed by atoms with Gasteiger partial charge in [0.25, 0.3) is 0 Å². The summed E-state index contributed by atoms with van der Waals surface area (Å²) in [4.78, 5) is 15.4. The largest absolute Gasteiger partial charge is 0.444 e. The fraction of sp³-hybridized carbons (Fsp3) is 0.571. The Kier molecular flexibility index (Phi) is 5.76. The number of aliphatic hydroxyl groups is 1. The van der Waals surface area contributed by atoms with Crippen LogP contribution in [0.3, 0.4) is 0 Å². The molecule has 0 aliphatic rings. The van der Waals surface area contributed by atoms with Gasteiger partial charge in [0.1, 0.15) is 5.60 Å². The summed E-state index contributed by atoms with van der Waals surface area (Å²) in [6, 6.07) is 3.80. The van der Waals surface area contributed by atoms with E-state index in [2.05, 4.69) is 10.3 Å². The molecule has 19 heavy (non-hydrogen) atoms. The number of hydrogen-bond donors (Lipinski definition) is 2. The van der Waals surface area contributed by atoms with E-state index in [-0.39, 0.29) is 12.5 Å². The second kappa shape index (κ2) is 7.09. The minimum atomic E-state index is -0.510. The van der Waals surface area contributed by atoms with Crippen molar-refractivity contribution in [3.8, 4) is 0 Å². The highest BCUT2D eigenvalue weighted by Gasteiger charge is 2.17. The van der Waals surface area contributed by atoms with Crippen molar-refractivity contribution in [2.24, 2.45) is 5.92 Å². The zero-order valence-electron chi connectivity index (χ0n) is 11.7. The number of nitrogens with one attached hydrogen (secondary N) is 1. The monoisotopic (exact) mass is 266 g/mol. The van der Waals surface area contributed by atoms with Gasteiger partial charge in [-0.25, -0.2) is 4.79 Å². The van der Waals surface area contributed by atoms with Crippen molar-refractivity contribution in [1.29, 1.82) is 0 Å². The predicted octanol–water partition coefficient (Wildman–Crippen LogP) is 1.76. The van der Waals surface area contributed by atoms with Crippen molar-refractivity contribution in [1.82, 2.24) is 10.3 Å². The van der Waals surface area contributed by atoms with Gasteiger partial charge in [-0.3, -0.25) is 4.98 Å². The number of rotatable bonds is 5. The summed E-state index contributed by atoms with van der Waals surface area (Å²) < 4.78 is 5.14. The van der Waals surface area contributed by atoms with Gasteiger partial charge in [-0.05, 0) is 44.9 Å². The number of nitrogens with zero attached hydrogens (tertiary/aromatic N) is 1. The van der Waals surface area contributed by atoms with Crippen LogP contribution < -0.4 is 5.32 Å². The Bertz CT molecular complexity index is 387. The zero-order chi connectivity index (χ0) is 14.3. The molecule has 0 saturated carbocycles. The summed E-state index contributed by atoms with van der Waals surface area (Å²) in [5, 5.41) is 12.0. The fourth-order valence-electron chi connectivity index (χ4n) is 1.60. The minimum Gasteiger partial charge on any atom is -0.444 e. The van der Waals surface area contributed by atoms with Gasteiger partial charge in [0.15, 0.2) is 0 Å². The van der Waals surface area contributed by atoms with E-state index in [0.717, 1.165) is 5.56 Å². The summed E-state index contributed by atoms with van der Waals surface area (Å²) in [6.07, 6.45) is 3.66. The molecule has 0 aliphatic heterocycles. The highest BCUT2D eigenvalue weighted by molar-refractivity contribution is 5.67. The molecule has 0 spiro atoms. The molecule has 2 N–H and O–H groups in total. The molecule has 1 heterocycles. The van der Waals surface area contributed by atoms with Crippen LogP contribution in [0.2, 0.25) is 0 Å². The first-order valence-corrected chi connectivity index (χ1v) is 6.37. The van der Waals surface area contributed by atoms with Crippen LogP contribution in [-0.4, -0.2) is 34.9 Å². The van der Waals surface area contributed by atoms with E-state index in [9.17, 15) is 9.90 Å². The molecular formula is C14H22N2O3. The van der Waals surface area contributed by atoms with Gasteiger partial charge in [-0.1, -0.05) is 0 Å². The first-order valence-electron chi connectivity index (χ1n) is 6.37.